The summed E-state index contributed by atoms with van der Waals surface area (Å²) in [6.45, 7) is -0.183. The molecular weight excluding hydrogens is 378 g/mol. The normalized spacial score (nSPS) is 10.3. The van der Waals surface area contributed by atoms with Gasteiger partial charge in [-0.15, -0.1) is 0 Å². The molecule has 0 unspecified atom stereocenters. The van der Waals surface area contributed by atoms with Crippen molar-refractivity contribution in [3.63, 3.8) is 0 Å². The molecule has 5 nitrogen and oxygen atoms in total. The second-order valence-electron chi connectivity index (χ2n) is 6.12. The van der Waals surface area contributed by atoms with Gasteiger partial charge in [0.1, 0.15) is 17.4 Å². The minimum atomic E-state index is -0.559. The van der Waals surface area contributed by atoms with Gasteiger partial charge in [0.15, 0.2) is 6.61 Å². The zero-order valence-corrected chi connectivity index (χ0v) is 15.3. The maximum atomic E-state index is 13.6. The highest BCUT2D eigenvalue weighted by atomic mass is 19.1. The molecule has 2 N–H and O–H groups in total. The summed E-state index contributed by atoms with van der Waals surface area (Å²) in [6, 6.07) is 18.0. The minimum Gasteiger partial charge on any atom is -0.483 e. The molecule has 0 fully saturated rings. The van der Waals surface area contributed by atoms with Gasteiger partial charge in [-0.25, -0.2) is 8.78 Å². The van der Waals surface area contributed by atoms with Crippen molar-refractivity contribution in [1.82, 2.24) is 5.32 Å². The molecule has 3 rings (SSSR count). The molecule has 0 heterocycles. The number of benzene rings is 3. The van der Waals surface area contributed by atoms with Crippen molar-refractivity contribution in [2.75, 3.05) is 11.9 Å². The molecule has 0 aromatic heterocycles. The fourth-order valence-electron chi connectivity index (χ4n) is 2.55. The highest BCUT2D eigenvalue weighted by Crippen LogP contribution is 2.18. The van der Waals surface area contributed by atoms with Gasteiger partial charge in [0.2, 0.25) is 0 Å². The largest absolute Gasteiger partial charge is 0.483 e. The highest BCUT2D eigenvalue weighted by molar-refractivity contribution is 5.97. The zero-order valence-electron chi connectivity index (χ0n) is 15.3. The van der Waals surface area contributed by atoms with Gasteiger partial charge in [0.05, 0.1) is 11.3 Å². The first kappa shape index (κ1) is 20.0. The summed E-state index contributed by atoms with van der Waals surface area (Å²) in [6.07, 6.45) is 0. The number of carbonyl (C=O) groups excluding carboxylic acids is 2. The number of hydrogen-bond acceptors (Lipinski definition) is 3. The minimum absolute atomic E-state index is 0.0476. The Labute approximate surface area is 166 Å². The van der Waals surface area contributed by atoms with Crippen LogP contribution in [0.1, 0.15) is 15.9 Å². The van der Waals surface area contributed by atoms with Crippen molar-refractivity contribution < 1.29 is 23.1 Å². The Morgan fingerprint density at radius 3 is 2.31 bits per heavy atom. The van der Waals surface area contributed by atoms with Gasteiger partial charge in [-0.1, -0.05) is 36.4 Å². The number of para-hydroxylation sites is 2. The summed E-state index contributed by atoms with van der Waals surface area (Å²) in [7, 11) is 0. The lowest BCUT2D eigenvalue weighted by Gasteiger charge is -2.12. The molecule has 3 aromatic carbocycles. The van der Waals surface area contributed by atoms with E-state index in [4.69, 9.17) is 4.74 Å². The summed E-state index contributed by atoms with van der Waals surface area (Å²) in [5.74, 6) is -1.65. The predicted octanol–water partition coefficient (Wildman–Crippen LogP) is 3.91. The zero-order chi connectivity index (χ0) is 20.6. The Balaban J connectivity index is 1.59. The van der Waals surface area contributed by atoms with Crippen LogP contribution in [0.3, 0.4) is 0 Å². The van der Waals surface area contributed by atoms with Crippen LogP contribution in [0.5, 0.6) is 5.75 Å². The third-order valence-electron chi connectivity index (χ3n) is 4.00. The molecule has 0 aliphatic heterocycles. The van der Waals surface area contributed by atoms with Gasteiger partial charge in [-0.2, -0.15) is 0 Å². The molecule has 7 heteroatoms. The van der Waals surface area contributed by atoms with E-state index < -0.39 is 24.2 Å². The number of nitrogens with one attached hydrogen (secondary N) is 2. The molecule has 3 aromatic rings. The van der Waals surface area contributed by atoms with Gasteiger partial charge in [0, 0.05) is 6.54 Å². The smallest absolute Gasteiger partial charge is 0.262 e. The van der Waals surface area contributed by atoms with Crippen LogP contribution in [0.4, 0.5) is 14.5 Å². The van der Waals surface area contributed by atoms with Gasteiger partial charge in [0.25, 0.3) is 11.8 Å². The van der Waals surface area contributed by atoms with Crippen LogP contribution in [-0.2, 0) is 11.3 Å². The molecule has 29 heavy (non-hydrogen) atoms. The van der Waals surface area contributed by atoms with Crippen molar-refractivity contribution >= 4 is 17.5 Å². The highest BCUT2D eigenvalue weighted by Gasteiger charge is 2.14. The number of carbonyl (C=O) groups is 2. The molecule has 148 valence electrons. The second-order valence-corrected chi connectivity index (χ2v) is 6.12. The number of anilines is 1. The van der Waals surface area contributed by atoms with E-state index in [-0.39, 0.29) is 29.4 Å². The van der Waals surface area contributed by atoms with Crippen molar-refractivity contribution in [3.8, 4) is 5.75 Å². The summed E-state index contributed by atoms with van der Waals surface area (Å²) in [4.78, 5) is 24.5. The number of ether oxygens (including phenoxy) is 1. The SMILES string of the molecule is O=C(COc1ccccc1C(=O)NCc1ccc(F)cc1)Nc1ccccc1F. The summed E-state index contributed by atoms with van der Waals surface area (Å²) in [5.41, 5.74) is 1.03. The number of halogens is 2. The lowest BCUT2D eigenvalue weighted by atomic mass is 10.1. The first-order chi connectivity index (χ1) is 14.0. The monoisotopic (exact) mass is 396 g/mol. The lowest BCUT2D eigenvalue weighted by Crippen LogP contribution is -2.25. The molecule has 0 spiro atoms. The third kappa shape index (κ3) is 5.62. The van der Waals surface area contributed by atoms with Crippen LogP contribution >= 0.6 is 0 Å². The van der Waals surface area contributed by atoms with E-state index in [2.05, 4.69) is 10.6 Å². The Morgan fingerprint density at radius 1 is 0.862 bits per heavy atom. The van der Waals surface area contributed by atoms with Crippen molar-refractivity contribution in [3.05, 3.63) is 95.6 Å². The van der Waals surface area contributed by atoms with E-state index in [0.717, 1.165) is 5.56 Å². The fraction of sp³-hybridized carbons (Fsp3) is 0.0909. The standard InChI is InChI=1S/C22H18F2N2O3/c23-16-11-9-15(10-12-16)13-25-22(28)17-5-1-4-8-20(17)29-14-21(27)26-19-7-3-2-6-18(19)24/h1-12H,13-14H2,(H,25,28)(H,26,27). The Hall–Kier alpha value is -3.74. The molecule has 0 bridgehead atoms. The molecule has 2 amide bonds. The van der Waals surface area contributed by atoms with E-state index in [1.165, 1.54) is 30.3 Å². The number of hydrogen-bond donors (Lipinski definition) is 2. The first-order valence-corrected chi connectivity index (χ1v) is 8.82. The Bertz CT molecular complexity index is 1010. The maximum Gasteiger partial charge on any atom is 0.262 e. The van der Waals surface area contributed by atoms with Gasteiger partial charge >= 0.3 is 0 Å². The van der Waals surface area contributed by atoms with Crippen molar-refractivity contribution in [2.24, 2.45) is 0 Å². The summed E-state index contributed by atoms with van der Waals surface area (Å²) in [5, 5.41) is 5.13. The average Bonchev–Trinajstić information content (AvgIpc) is 2.73. The second kappa shape index (κ2) is 9.45. The summed E-state index contributed by atoms with van der Waals surface area (Å²) >= 11 is 0. The lowest BCUT2D eigenvalue weighted by molar-refractivity contribution is -0.118. The number of amides is 2. The van der Waals surface area contributed by atoms with Crippen LogP contribution in [-0.4, -0.2) is 18.4 Å². The van der Waals surface area contributed by atoms with Crippen LogP contribution in [0.25, 0.3) is 0 Å². The van der Waals surface area contributed by atoms with E-state index >= 15 is 0 Å². The summed E-state index contributed by atoms with van der Waals surface area (Å²) < 4.78 is 32.0. The van der Waals surface area contributed by atoms with Crippen LogP contribution < -0.4 is 15.4 Å². The topological polar surface area (TPSA) is 67.4 Å². The first-order valence-electron chi connectivity index (χ1n) is 8.82. The predicted molar refractivity (Wildman–Crippen MR) is 105 cm³/mol. The maximum absolute atomic E-state index is 13.6. The van der Waals surface area contributed by atoms with E-state index in [0.29, 0.717) is 0 Å². The Morgan fingerprint density at radius 2 is 1.55 bits per heavy atom. The molecule has 0 aliphatic carbocycles. The van der Waals surface area contributed by atoms with Gasteiger partial charge in [-0.3, -0.25) is 9.59 Å². The van der Waals surface area contributed by atoms with E-state index in [1.807, 2.05) is 0 Å². The van der Waals surface area contributed by atoms with Gasteiger partial charge < -0.3 is 15.4 Å². The quantitative estimate of drug-likeness (QED) is 0.636. The average molecular weight is 396 g/mol. The third-order valence-corrected chi connectivity index (χ3v) is 4.00. The van der Waals surface area contributed by atoms with Crippen molar-refractivity contribution in [2.45, 2.75) is 6.54 Å². The van der Waals surface area contributed by atoms with Crippen LogP contribution in [0.15, 0.2) is 72.8 Å². The van der Waals surface area contributed by atoms with Crippen LogP contribution in [0.2, 0.25) is 0 Å². The van der Waals surface area contributed by atoms with Crippen molar-refractivity contribution in [1.29, 1.82) is 0 Å². The fourth-order valence-corrected chi connectivity index (χ4v) is 2.55. The molecule has 0 aliphatic rings. The van der Waals surface area contributed by atoms with E-state index in [9.17, 15) is 18.4 Å². The number of rotatable bonds is 7. The molecule has 0 saturated heterocycles. The Kier molecular flexibility index (Phi) is 6.52. The molecular formula is C22H18F2N2O3. The molecule has 0 saturated carbocycles. The molecule has 0 radical (unpaired) electrons. The van der Waals surface area contributed by atoms with Gasteiger partial charge in [-0.05, 0) is 42.0 Å². The molecule has 0 atom stereocenters. The van der Waals surface area contributed by atoms with Crippen LogP contribution in [0, 0.1) is 11.6 Å². The van der Waals surface area contributed by atoms with E-state index in [1.54, 1.807) is 42.5 Å².